The molecule has 1 aromatic rings. The van der Waals surface area contributed by atoms with Crippen LogP contribution in [0.25, 0.3) is 0 Å². The lowest BCUT2D eigenvalue weighted by Crippen LogP contribution is -2.28. The van der Waals surface area contributed by atoms with E-state index in [0.29, 0.717) is 17.5 Å². The number of amidine groups is 1. The first-order valence-electron chi connectivity index (χ1n) is 7.45. The van der Waals surface area contributed by atoms with E-state index in [1.807, 2.05) is 18.3 Å². The predicted octanol–water partition coefficient (Wildman–Crippen LogP) is 3.26. The standard InChI is InChI=1S/C16H28N4/c1-12(2)7-9-20(10-8-13(3)4)14-5-6-15(16(17)18)19-11-14/h5-6,11-13H,7-10H2,1-4H3,(H3,17,18). The minimum Gasteiger partial charge on any atom is -0.382 e. The van der Waals surface area contributed by atoms with Gasteiger partial charge in [0.1, 0.15) is 11.5 Å². The molecule has 0 amide bonds. The van der Waals surface area contributed by atoms with Crippen LogP contribution in [0.4, 0.5) is 5.69 Å². The van der Waals surface area contributed by atoms with Gasteiger partial charge in [0.25, 0.3) is 0 Å². The van der Waals surface area contributed by atoms with Crippen molar-refractivity contribution in [3.63, 3.8) is 0 Å². The van der Waals surface area contributed by atoms with Crippen LogP contribution in [0.2, 0.25) is 0 Å². The van der Waals surface area contributed by atoms with E-state index in [1.165, 1.54) is 12.8 Å². The van der Waals surface area contributed by atoms with Gasteiger partial charge < -0.3 is 10.6 Å². The molecule has 4 nitrogen and oxygen atoms in total. The molecule has 3 N–H and O–H groups in total. The second-order valence-electron chi connectivity index (χ2n) is 6.17. The zero-order chi connectivity index (χ0) is 15.1. The third-order valence-corrected chi connectivity index (χ3v) is 3.34. The molecule has 1 heterocycles. The van der Waals surface area contributed by atoms with Gasteiger partial charge >= 0.3 is 0 Å². The number of anilines is 1. The summed E-state index contributed by atoms with van der Waals surface area (Å²) in [5, 5.41) is 7.39. The van der Waals surface area contributed by atoms with E-state index >= 15 is 0 Å². The maximum Gasteiger partial charge on any atom is 0.141 e. The Labute approximate surface area is 122 Å². The van der Waals surface area contributed by atoms with E-state index in [4.69, 9.17) is 11.1 Å². The summed E-state index contributed by atoms with van der Waals surface area (Å²) in [4.78, 5) is 6.65. The van der Waals surface area contributed by atoms with Crippen molar-refractivity contribution < 1.29 is 0 Å². The van der Waals surface area contributed by atoms with Crippen LogP contribution in [0.5, 0.6) is 0 Å². The summed E-state index contributed by atoms with van der Waals surface area (Å²) in [5.74, 6) is 1.41. The van der Waals surface area contributed by atoms with Gasteiger partial charge in [0, 0.05) is 13.1 Å². The number of rotatable bonds is 8. The van der Waals surface area contributed by atoms with Crippen molar-refractivity contribution in [1.29, 1.82) is 5.41 Å². The van der Waals surface area contributed by atoms with Gasteiger partial charge in [0.05, 0.1) is 11.9 Å². The Kier molecular flexibility index (Phi) is 6.49. The Morgan fingerprint density at radius 1 is 1.15 bits per heavy atom. The van der Waals surface area contributed by atoms with Crippen LogP contribution in [0.15, 0.2) is 18.3 Å². The van der Waals surface area contributed by atoms with Gasteiger partial charge in [-0.1, -0.05) is 27.7 Å². The van der Waals surface area contributed by atoms with Crippen molar-refractivity contribution in [2.24, 2.45) is 17.6 Å². The summed E-state index contributed by atoms with van der Waals surface area (Å²) in [6, 6.07) is 3.85. The highest BCUT2D eigenvalue weighted by Crippen LogP contribution is 2.17. The second kappa shape index (κ2) is 7.88. The summed E-state index contributed by atoms with van der Waals surface area (Å²) in [6.45, 7) is 11.1. The molecule has 0 fully saturated rings. The van der Waals surface area contributed by atoms with E-state index < -0.39 is 0 Å². The van der Waals surface area contributed by atoms with E-state index in [0.717, 1.165) is 18.8 Å². The number of nitrogens with one attached hydrogen (secondary N) is 1. The fourth-order valence-corrected chi connectivity index (χ4v) is 1.93. The third-order valence-electron chi connectivity index (χ3n) is 3.34. The number of aromatic nitrogens is 1. The van der Waals surface area contributed by atoms with Crippen LogP contribution < -0.4 is 10.6 Å². The molecule has 0 aromatic carbocycles. The lowest BCUT2D eigenvalue weighted by molar-refractivity contribution is 0.535. The molecular formula is C16H28N4. The molecular weight excluding hydrogens is 248 g/mol. The summed E-state index contributed by atoms with van der Waals surface area (Å²) < 4.78 is 0. The number of nitrogens with two attached hydrogens (primary N) is 1. The highest BCUT2D eigenvalue weighted by Gasteiger charge is 2.09. The summed E-state index contributed by atoms with van der Waals surface area (Å²) >= 11 is 0. The van der Waals surface area contributed by atoms with E-state index in [9.17, 15) is 0 Å². The molecule has 0 aliphatic heterocycles. The SMILES string of the molecule is CC(C)CCN(CCC(C)C)c1ccc(C(=N)N)nc1. The Morgan fingerprint density at radius 2 is 1.70 bits per heavy atom. The van der Waals surface area contributed by atoms with Crippen LogP contribution in [0.3, 0.4) is 0 Å². The van der Waals surface area contributed by atoms with Crippen LogP contribution in [-0.4, -0.2) is 23.9 Å². The molecule has 0 unspecified atom stereocenters. The first kappa shape index (κ1) is 16.5. The number of nitrogen functional groups attached to an aromatic ring is 1. The number of hydrogen-bond donors (Lipinski definition) is 2. The smallest absolute Gasteiger partial charge is 0.141 e. The van der Waals surface area contributed by atoms with E-state index in [1.54, 1.807) is 0 Å². The van der Waals surface area contributed by atoms with Crippen molar-refractivity contribution in [1.82, 2.24) is 4.98 Å². The van der Waals surface area contributed by atoms with Crippen LogP contribution >= 0.6 is 0 Å². The number of nitrogens with zero attached hydrogens (tertiary/aromatic N) is 2. The third kappa shape index (κ3) is 5.59. The molecule has 0 spiro atoms. The van der Waals surface area contributed by atoms with Crippen LogP contribution in [0, 0.1) is 17.2 Å². The first-order valence-corrected chi connectivity index (χ1v) is 7.45. The van der Waals surface area contributed by atoms with E-state index in [-0.39, 0.29) is 5.84 Å². The maximum absolute atomic E-state index is 7.39. The van der Waals surface area contributed by atoms with Gasteiger partial charge in [0.2, 0.25) is 0 Å². The lowest BCUT2D eigenvalue weighted by Gasteiger charge is -2.26. The Balaban J connectivity index is 2.76. The monoisotopic (exact) mass is 276 g/mol. The topological polar surface area (TPSA) is 66.0 Å². The fraction of sp³-hybridized carbons (Fsp3) is 0.625. The van der Waals surface area contributed by atoms with Gasteiger partial charge in [-0.05, 0) is 36.8 Å². The highest BCUT2D eigenvalue weighted by molar-refractivity contribution is 5.93. The average molecular weight is 276 g/mol. The lowest BCUT2D eigenvalue weighted by atomic mass is 10.1. The van der Waals surface area contributed by atoms with Gasteiger partial charge in [-0.3, -0.25) is 10.4 Å². The maximum atomic E-state index is 7.39. The van der Waals surface area contributed by atoms with E-state index in [2.05, 4.69) is 37.6 Å². The molecule has 20 heavy (non-hydrogen) atoms. The molecule has 1 rings (SSSR count). The van der Waals surface area contributed by atoms with Crippen molar-refractivity contribution in [2.75, 3.05) is 18.0 Å². The molecule has 0 aliphatic carbocycles. The molecule has 0 bridgehead atoms. The van der Waals surface area contributed by atoms with Crippen LogP contribution in [-0.2, 0) is 0 Å². The highest BCUT2D eigenvalue weighted by atomic mass is 15.1. The molecule has 4 heteroatoms. The van der Waals surface area contributed by atoms with Crippen LogP contribution in [0.1, 0.15) is 46.2 Å². The van der Waals surface area contributed by atoms with Crippen molar-refractivity contribution in [3.8, 4) is 0 Å². The average Bonchev–Trinajstić information content (AvgIpc) is 2.38. The Hall–Kier alpha value is -1.58. The normalized spacial score (nSPS) is 11.1. The second-order valence-corrected chi connectivity index (χ2v) is 6.17. The molecule has 0 aliphatic rings. The van der Waals surface area contributed by atoms with Gasteiger partial charge in [0.15, 0.2) is 0 Å². The van der Waals surface area contributed by atoms with Gasteiger partial charge in [-0.15, -0.1) is 0 Å². The molecule has 0 radical (unpaired) electrons. The zero-order valence-electron chi connectivity index (χ0n) is 13.2. The summed E-state index contributed by atoms with van der Waals surface area (Å²) in [5.41, 5.74) is 7.11. The van der Waals surface area contributed by atoms with Crippen molar-refractivity contribution in [3.05, 3.63) is 24.0 Å². The largest absolute Gasteiger partial charge is 0.382 e. The molecule has 112 valence electrons. The molecule has 0 saturated heterocycles. The quantitative estimate of drug-likeness (QED) is 0.565. The van der Waals surface area contributed by atoms with Crippen molar-refractivity contribution in [2.45, 2.75) is 40.5 Å². The Bertz CT molecular complexity index is 397. The fourth-order valence-electron chi connectivity index (χ4n) is 1.93. The molecule has 0 atom stereocenters. The Morgan fingerprint density at radius 3 is 2.05 bits per heavy atom. The predicted molar refractivity (Wildman–Crippen MR) is 86.4 cm³/mol. The molecule has 1 aromatic heterocycles. The number of hydrogen-bond acceptors (Lipinski definition) is 3. The van der Waals surface area contributed by atoms with Crippen molar-refractivity contribution >= 4 is 11.5 Å². The minimum absolute atomic E-state index is 0.0208. The minimum atomic E-state index is 0.0208. The number of pyridine rings is 1. The molecule has 0 saturated carbocycles. The van der Waals surface area contributed by atoms with Gasteiger partial charge in [-0.2, -0.15) is 0 Å². The van der Waals surface area contributed by atoms with Gasteiger partial charge in [-0.25, -0.2) is 0 Å². The summed E-state index contributed by atoms with van der Waals surface area (Å²) in [6.07, 6.45) is 4.18. The summed E-state index contributed by atoms with van der Waals surface area (Å²) in [7, 11) is 0. The zero-order valence-corrected chi connectivity index (χ0v) is 13.2. The first-order chi connectivity index (χ1) is 9.40.